The molecule has 4 rings (SSSR count). The smallest absolute Gasteiger partial charge is 0.265 e. The molecule has 0 fully saturated rings. The number of para-hydroxylation sites is 1. The third kappa shape index (κ3) is 2.86. The van der Waals surface area contributed by atoms with Crippen LogP contribution < -0.4 is 10.1 Å². The fourth-order valence-electron chi connectivity index (χ4n) is 3.52. The largest absolute Gasteiger partial charge is 0.481 e. The molecule has 0 aromatic heterocycles. The summed E-state index contributed by atoms with van der Waals surface area (Å²) in [5.74, 6) is 0.604. The van der Waals surface area contributed by atoms with Gasteiger partial charge in [0.1, 0.15) is 5.75 Å². The highest BCUT2D eigenvalue weighted by Crippen LogP contribution is 2.35. The van der Waals surface area contributed by atoms with Crippen molar-refractivity contribution < 1.29 is 9.53 Å². The van der Waals surface area contributed by atoms with Crippen molar-refractivity contribution in [3.63, 3.8) is 0 Å². The molecule has 1 N–H and O–H groups in total. The van der Waals surface area contributed by atoms with E-state index in [1.807, 2.05) is 37.3 Å². The number of benzene rings is 3. The first-order chi connectivity index (χ1) is 12.1. The zero-order chi connectivity index (χ0) is 17.4. The first-order valence-corrected chi connectivity index (χ1v) is 8.70. The molecule has 0 heterocycles. The summed E-state index contributed by atoms with van der Waals surface area (Å²) in [4.78, 5) is 12.6. The number of anilines is 1. The van der Waals surface area contributed by atoms with E-state index in [1.54, 1.807) is 6.92 Å². The summed E-state index contributed by atoms with van der Waals surface area (Å²) in [6.07, 6.45) is 1.59. The molecule has 126 valence electrons. The molecular weight excluding hydrogens is 310 g/mol. The van der Waals surface area contributed by atoms with Crippen LogP contribution in [0.1, 0.15) is 23.6 Å². The number of nitrogens with one attached hydrogen (secondary N) is 1. The lowest BCUT2D eigenvalue weighted by molar-refractivity contribution is -0.122. The summed E-state index contributed by atoms with van der Waals surface area (Å²) in [5.41, 5.74) is 4.61. The Kier molecular flexibility index (Phi) is 3.92. The van der Waals surface area contributed by atoms with Gasteiger partial charge in [0, 0.05) is 11.1 Å². The number of carbonyl (C=O) groups excluding carboxylic acids is 1. The minimum atomic E-state index is -0.566. The lowest BCUT2D eigenvalue weighted by atomic mass is 10.0. The lowest BCUT2D eigenvalue weighted by Crippen LogP contribution is -2.30. The van der Waals surface area contributed by atoms with E-state index in [-0.39, 0.29) is 5.91 Å². The van der Waals surface area contributed by atoms with Crippen molar-refractivity contribution in [1.82, 2.24) is 0 Å². The number of carbonyl (C=O) groups is 1. The van der Waals surface area contributed by atoms with Crippen LogP contribution >= 0.6 is 0 Å². The number of aryl methyl sites for hydroxylation is 3. The first-order valence-electron chi connectivity index (χ1n) is 8.70. The molecule has 1 aliphatic carbocycles. The van der Waals surface area contributed by atoms with E-state index in [2.05, 4.69) is 29.6 Å². The van der Waals surface area contributed by atoms with Crippen LogP contribution in [0.25, 0.3) is 10.8 Å². The van der Waals surface area contributed by atoms with Crippen molar-refractivity contribution in [3.05, 3.63) is 71.3 Å². The van der Waals surface area contributed by atoms with Gasteiger partial charge in [-0.3, -0.25) is 4.79 Å². The second kappa shape index (κ2) is 6.25. The van der Waals surface area contributed by atoms with E-state index in [0.717, 1.165) is 35.2 Å². The summed E-state index contributed by atoms with van der Waals surface area (Å²) >= 11 is 0. The predicted octanol–water partition coefficient (Wildman–Crippen LogP) is 4.65. The Labute approximate surface area is 147 Å². The van der Waals surface area contributed by atoms with Gasteiger partial charge in [-0.05, 0) is 60.9 Å². The molecule has 0 radical (unpaired) electrons. The van der Waals surface area contributed by atoms with Gasteiger partial charge in [0.05, 0.1) is 0 Å². The molecule has 0 aliphatic heterocycles. The van der Waals surface area contributed by atoms with Gasteiger partial charge in [0.25, 0.3) is 5.91 Å². The third-order valence-corrected chi connectivity index (χ3v) is 4.90. The van der Waals surface area contributed by atoms with E-state index >= 15 is 0 Å². The van der Waals surface area contributed by atoms with Crippen LogP contribution in [0.2, 0.25) is 0 Å². The van der Waals surface area contributed by atoms with E-state index in [4.69, 9.17) is 4.74 Å². The fraction of sp³-hybridized carbons (Fsp3) is 0.227. The van der Waals surface area contributed by atoms with Gasteiger partial charge in [-0.15, -0.1) is 0 Å². The van der Waals surface area contributed by atoms with Gasteiger partial charge in [-0.1, -0.05) is 42.5 Å². The van der Waals surface area contributed by atoms with Crippen LogP contribution in [0, 0.1) is 6.92 Å². The van der Waals surface area contributed by atoms with Crippen molar-refractivity contribution in [2.75, 3.05) is 5.32 Å². The van der Waals surface area contributed by atoms with Crippen molar-refractivity contribution in [2.45, 2.75) is 32.8 Å². The van der Waals surface area contributed by atoms with Gasteiger partial charge < -0.3 is 10.1 Å². The van der Waals surface area contributed by atoms with Crippen molar-refractivity contribution in [2.24, 2.45) is 0 Å². The molecule has 1 aliphatic rings. The third-order valence-electron chi connectivity index (χ3n) is 4.90. The topological polar surface area (TPSA) is 38.3 Å². The van der Waals surface area contributed by atoms with E-state index < -0.39 is 6.10 Å². The average Bonchev–Trinajstić information content (AvgIpc) is 3.04. The Morgan fingerprint density at radius 2 is 1.76 bits per heavy atom. The molecule has 0 bridgehead atoms. The fourth-order valence-corrected chi connectivity index (χ4v) is 3.52. The van der Waals surface area contributed by atoms with Crippen LogP contribution in [0.3, 0.4) is 0 Å². The van der Waals surface area contributed by atoms with Gasteiger partial charge in [0.15, 0.2) is 6.10 Å². The first kappa shape index (κ1) is 15.7. The molecule has 0 spiro atoms. The van der Waals surface area contributed by atoms with Crippen molar-refractivity contribution >= 4 is 22.4 Å². The van der Waals surface area contributed by atoms with Crippen LogP contribution in [0.5, 0.6) is 5.75 Å². The molecule has 1 amide bonds. The predicted molar refractivity (Wildman–Crippen MR) is 101 cm³/mol. The Balaban J connectivity index is 1.57. The Bertz CT molecular complexity index is 951. The van der Waals surface area contributed by atoms with Crippen LogP contribution in [0.15, 0.2) is 54.6 Å². The Morgan fingerprint density at radius 3 is 2.56 bits per heavy atom. The maximum Gasteiger partial charge on any atom is 0.265 e. The van der Waals surface area contributed by atoms with Crippen LogP contribution in [-0.4, -0.2) is 12.0 Å². The van der Waals surface area contributed by atoms with Crippen molar-refractivity contribution in [1.29, 1.82) is 0 Å². The van der Waals surface area contributed by atoms with Crippen LogP contribution in [-0.2, 0) is 17.6 Å². The summed E-state index contributed by atoms with van der Waals surface area (Å²) in [6.45, 7) is 3.76. The van der Waals surface area contributed by atoms with Crippen molar-refractivity contribution in [3.8, 4) is 5.75 Å². The molecular formula is C22H21NO2. The highest BCUT2D eigenvalue weighted by Gasteiger charge is 2.19. The zero-order valence-electron chi connectivity index (χ0n) is 14.5. The standard InChI is InChI=1S/C22H21NO2/c1-14-6-3-4-9-20(14)25-15(2)22(24)23-19-13-12-17-11-10-16-7-5-8-18(19)21(16)17/h3-9,12-13,15H,10-11H2,1-2H3,(H,23,24)/t15-/m0/s1. The molecule has 3 aromatic rings. The summed E-state index contributed by atoms with van der Waals surface area (Å²) in [5, 5.41) is 5.46. The van der Waals surface area contributed by atoms with Gasteiger partial charge >= 0.3 is 0 Å². The molecule has 0 unspecified atom stereocenters. The summed E-state index contributed by atoms with van der Waals surface area (Å²) < 4.78 is 5.84. The molecule has 3 nitrogen and oxygen atoms in total. The minimum absolute atomic E-state index is 0.137. The van der Waals surface area contributed by atoms with Gasteiger partial charge in [-0.25, -0.2) is 0 Å². The maximum atomic E-state index is 12.6. The number of rotatable bonds is 4. The van der Waals surface area contributed by atoms with E-state index in [1.165, 1.54) is 16.5 Å². The maximum absolute atomic E-state index is 12.6. The van der Waals surface area contributed by atoms with Gasteiger partial charge in [0.2, 0.25) is 0 Å². The SMILES string of the molecule is Cc1ccccc1O[C@@H](C)C(=O)Nc1ccc2c3c(cccc13)CC2. The van der Waals surface area contributed by atoms with E-state index in [9.17, 15) is 4.79 Å². The quantitative estimate of drug-likeness (QED) is 0.755. The second-order valence-corrected chi connectivity index (χ2v) is 6.63. The summed E-state index contributed by atoms with van der Waals surface area (Å²) in [7, 11) is 0. The molecule has 25 heavy (non-hydrogen) atoms. The van der Waals surface area contributed by atoms with E-state index in [0.29, 0.717) is 0 Å². The molecule has 1 atom stereocenters. The molecule has 3 heteroatoms. The van der Waals surface area contributed by atoms with Gasteiger partial charge in [-0.2, -0.15) is 0 Å². The number of hydrogen-bond acceptors (Lipinski definition) is 2. The Hall–Kier alpha value is -2.81. The summed E-state index contributed by atoms with van der Waals surface area (Å²) in [6, 6.07) is 18.2. The second-order valence-electron chi connectivity index (χ2n) is 6.63. The monoisotopic (exact) mass is 331 g/mol. The average molecular weight is 331 g/mol. The molecule has 0 saturated carbocycles. The molecule has 3 aromatic carbocycles. The lowest BCUT2D eigenvalue weighted by Gasteiger charge is -2.17. The number of ether oxygens (including phenoxy) is 1. The minimum Gasteiger partial charge on any atom is -0.481 e. The highest BCUT2D eigenvalue weighted by atomic mass is 16.5. The normalized spacial score (nSPS) is 13.7. The number of hydrogen-bond donors (Lipinski definition) is 1. The van der Waals surface area contributed by atoms with Crippen LogP contribution in [0.4, 0.5) is 5.69 Å². The molecule has 0 saturated heterocycles. The highest BCUT2D eigenvalue weighted by molar-refractivity contribution is 6.06. The number of amides is 1. The Morgan fingerprint density at radius 1 is 1.00 bits per heavy atom. The zero-order valence-corrected chi connectivity index (χ0v) is 14.5.